The molecule has 2 N–H and O–H groups in total. The molecule has 0 saturated heterocycles. The normalized spacial score (nSPS) is 13.3. The SMILES string of the molecule is CC(C)(C)c1ccccc1C(N)Cc1cccnc1. The van der Waals surface area contributed by atoms with Gasteiger partial charge in [0.15, 0.2) is 0 Å². The van der Waals surface area contributed by atoms with E-state index in [1.54, 1.807) is 6.20 Å². The number of hydrogen-bond donors (Lipinski definition) is 1. The van der Waals surface area contributed by atoms with Gasteiger partial charge in [-0.3, -0.25) is 4.98 Å². The van der Waals surface area contributed by atoms with Crippen LogP contribution in [0.2, 0.25) is 0 Å². The van der Waals surface area contributed by atoms with Gasteiger partial charge in [0.1, 0.15) is 0 Å². The Morgan fingerprint density at radius 2 is 1.84 bits per heavy atom. The molecule has 19 heavy (non-hydrogen) atoms. The molecule has 0 radical (unpaired) electrons. The zero-order valence-corrected chi connectivity index (χ0v) is 11.9. The van der Waals surface area contributed by atoms with Gasteiger partial charge in [0.2, 0.25) is 0 Å². The van der Waals surface area contributed by atoms with E-state index in [4.69, 9.17) is 5.73 Å². The maximum absolute atomic E-state index is 6.40. The molecular formula is C17H22N2. The van der Waals surface area contributed by atoms with E-state index in [0.717, 1.165) is 6.42 Å². The van der Waals surface area contributed by atoms with Crippen LogP contribution in [0, 0.1) is 0 Å². The van der Waals surface area contributed by atoms with Crippen molar-refractivity contribution in [3.63, 3.8) is 0 Å². The summed E-state index contributed by atoms with van der Waals surface area (Å²) < 4.78 is 0. The van der Waals surface area contributed by atoms with E-state index in [-0.39, 0.29) is 11.5 Å². The Morgan fingerprint density at radius 1 is 1.11 bits per heavy atom. The summed E-state index contributed by atoms with van der Waals surface area (Å²) >= 11 is 0. The van der Waals surface area contributed by atoms with Crippen LogP contribution in [0.3, 0.4) is 0 Å². The summed E-state index contributed by atoms with van der Waals surface area (Å²) in [5.41, 5.74) is 10.3. The molecule has 0 aliphatic carbocycles. The summed E-state index contributed by atoms with van der Waals surface area (Å²) in [6.45, 7) is 6.67. The second kappa shape index (κ2) is 5.54. The number of pyridine rings is 1. The molecule has 0 aliphatic rings. The van der Waals surface area contributed by atoms with Gasteiger partial charge in [-0.15, -0.1) is 0 Å². The molecule has 2 aromatic rings. The molecule has 1 aromatic carbocycles. The molecule has 1 atom stereocenters. The van der Waals surface area contributed by atoms with Crippen molar-refractivity contribution in [2.75, 3.05) is 0 Å². The lowest BCUT2D eigenvalue weighted by Crippen LogP contribution is -2.21. The third-order valence-corrected chi connectivity index (χ3v) is 3.35. The molecule has 0 bridgehead atoms. The van der Waals surface area contributed by atoms with E-state index in [0.29, 0.717) is 0 Å². The van der Waals surface area contributed by atoms with Gasteiger partial charge in [-0.25, -0.2) is 0 Å². The Bertz CT molecular complexity index is 526. The zero-order valence-electron chi connectivity index (χ0n) is 11.9. The molecule has 0 spiro atoms. The van der Waals surface area contributed by atoms with Crippen molar-refractivity contribution in [3.8, 4) is 0 Å². The molecule has 1 heterocycles. The van der Waals surface area contributed by atoms with Gasteiger partial charge in [-0.2, -0.15) is 0 Å². The van der Waals surface area contributed by atoms with E-state index >= 15 is 0 Å². The van der Waals surface area contributed by atoms with Crippen molar-refractivity contribution in [3.05, 3.63) is 65.5 Å². The standard InChI is InChI=1S/C17H22N2/c1-17(2,3)15-9-5-4-8-14(15)16(18)11-13-7-6-10-19-12-13/h4-10,12,16H,11,18H2,1-3H3. The smallest absolute Gasteiger partial charge is 0.0339 e. The fraction of sp³-hybridized carbons (Fsp3) is 0.353. The van der Waals surface area contributed by atoms with Crippen molar-refractivity contribution >= 4 is 0 Å². The van der Waals surface area contributed by atoms with Crippen molar-refractivity contribution in [1.29, 1.82) is 0 Å². The Morgan fingerprint density at radius 3 is 2.47 bits per heavy atom. The number of nitrogens with two attached hydrogens (primary N) is 1. The van der Waals surface area contributed by atoms with E-state index in [9.17, 15) is 0 Å². The highest BCUT2D eigenvalue weighted by atomic mass is 14.6. The minimum Gasteiger partial charge on any atom is -0.324 e. The lowest BCUT2D eigenvalue weighted by molar-refractivity contribution is 0.568. The van der Waals surface area contributed by atoms with Crippen molar-refractivity contribution < 1.29 is 0 Å². The third kappa shape index (κ3) is 3.42. The van der Waals surface area contributed by atoms with Crippen LogP contribution in [0.15, 0.2) is 48.8 Å². The molecule has 0 amide bonds. The van der Waals surface area contributed by atoms with Crippen molar-refractivity contribution in [1.82, 2.24) is 4.98 Å². The molecule has 100 valence electrons. The minimum absolute atomic E-state index is 0.0135. The highest BCUT2D eigenvalue weighted by molar-refractivity contribution is 5.35. The molecule has 0 fully saturated rings. The molecule has 0 saturated carbocycles. The van der Waals surface area contributed by atoms with E-state index in [1.807, 2.05) is 12.3 Å². The molecule has 2 rings (SSSR count). The second-order valence-electron chi connectivity index (χ2n) is 6.01. The topological polar surface area (TPSA) is 38.9 Å². The zero-order chi connectivity index (χ0) is 13.9. The summed E-state index contributed by atoms with van der Waals surface area (Å²) in [6.07, 6.45) is 4.50. The minimum atomic E-state index is 0.0135. The van der Waals surface area contributed by atoms with Crippen LogP contribution < -0.4 is 5.73 Å². The van der Waals surface area contributed by atoms with E-state index in [2.05, 4.69) is 56.1 Å². The van der Waals surface area contributed by atoms with Gasteiger partial charge in [0, 0.05) is 18.4 Å². The highest BCUT2D eigenvalue weighted by Gasteiger charge is 2.20. The first-order valence-electron chi connectivity index (χ1n) is 6.72. The van der Waals surface area contributed by atoms with Crippen LogP contribution in [0.1, 0.15) is 43.5 Å². The maximum atomic E-state index is 6.40. The third-order valence-electron chi connectivity index (χ3n) is 3.35. The van der Waals surface area contributed by atoms with Crippen LogP contribution >= 0.6 is 0 Å². The van der Waals surface area contributed by atoms with Crippen LogP contribution in [-0.2, 0) is 11.8 Å². The lowest BCUT2D eigenvalue weighted by atomic mass is 9.81. The van der Waals surface area contributed by atoms with Crippen LogP contribution in [0.5, 0.6) is 0 Å². The number of nitrogens with zero attached hydrogens (tertiary/aromatic N) is 1. The number of hydrogen-bond acceptors (Lipinski definition) is 2. The molecule has 1 unspecified atom stereocenters. The van der Waals surface area contributed by atoms with Gasteiger partial charge >= 0.3 is 0 Å². The summed E-state index contributed by atoms with van der Waals surface area (Å²) in [7, 11) is 0. The Hall–Kier alpha value is -1.67. The van der Waals surface area contributed by atoms with Crippen LogP contribution in [0.4, 0.5) is 0 Å². The van der Waals surface area contributed by atoms with Gasteiger partial charge in [-0.1, -0.05) is 51.1 Å². The molecule has 1 aromatic heterocycles. The van der Waals surface area contributed by atoms with Crippen LogP contribution in [0.25, 0.3) is 0 Å². The fourth-order valence-corrected chi connectivity index (χ4v) is 2.39. The number of benzene rings is 1. The first-order chi connectivity index (χ1) is 8.98. The fourth-order valence-electron chi connectivity index (χ4n) is 2.39. The number of aromatic nitrogens is 1. The predicted molar refractivity (Wildman–Crippen MR) is 80.0 cm³/mol. The highest BCUT2D eigenvalue weighted by Crippen LogP contribution is 2.29. The number of rotatable bonds is 3. The molecule has 2 nitrogen and oxygen atoms in total. The van der Waals surface area contributed by atoms with Gasteiger partial charge in [-0.05, 0) is 34.6 Å². The summed E-state index contributed by atoms with van der Waals surface area (Å²) in [5, 5.41) is 0. The summed E-state index contributed by atoms with van der Waals surface area (Å²) in [4.78, 5) is 4.15. The largest absolute Gasteiger partial charge is 0.324 e. The van der Waals surface area contributed by atoms with Crippen LogP contribution in [-0.4, -0.2) is 4.98 Å². The maximum Gasteiger partial charge on any atom is 0.0339 e. The lowest BCUT2D eigenvalue weighted by Gasteiger charge is -2.25. The van der Waals surface area contributed by atoms with Gasteiger partial charge in [0.05, 0.1) is 0 Å². The molecule has 2 heteroatoms. The van der Waals surface area contributed by atoms with E-state index in [1.165, 1.54) is 16.7 Å². The first kappa shape index (κ1) is 13.8. The van der Waals surface area contributed by atoms with Gasteiger partial charge in [0.25, 0.3) is 0 Å². The molecular weight excluding hydrogens is 232 g/mol. The summed E-state index contributed by atoms with van der Waals surface area (Å²) in [5.74, 6) is 0. The Kier molecular flexibility index (Phi) is 4.01. The quantitative estimate of drug-likeness (QED) is 0.908. The second-order valence-corrected chi connectivity index (χ2v) is 6.01. The van der Waals surface area contributed by atoms with Crippen molar-refractivity contribution in [2.45, 2.75) is 38.6 Å². The Labute approximate surface area is 115 Å². The van der Waals surface area contributed by atoms with Gasteiger partial charge < -0.3 is 5.73 Å². The molecule has 0 aliphatic heterocycles. The predicted octanol–water partition coefficient (Wildman–Crippen LogP) is 3.62. The average molecular weight is 254 g/mol. The Balaban J connectivity index is 2.27. The summed E-state index contributed by atoms with van der Waals surface area (Å²) in [6, 6.07) is 12.5. The van der Waals surface area contributed by atoms with E-state index < -0.39 is 0 Å². The van der Waals surface area contributed by atoms with Crippen molar-refractivity contribution in [2.24, 2.45) is 5.73 Å². The average Bonchev–Trinajstić information content (AvgIpc) is 2.39. The monoisotopic (exact) mass is 254 g/mol. The first-order valence-corrected chi connectivity index (χ1v) is 6.72.